The first kappa shape index (κ1) is 24.0. The molecule has 3 rings (SSSR count). The molecule has 0 aliphatic carbocycles. The average Bonchev–Trinajstić information content (AvgIpc) is 3.26. The van der Waals surface area contributed by atoms with Crippen LogP contribution < -0.4 is 5.32 Å². The van der Waals surface area contributed by atoms with Crippen molar-refractivity contribution in [3.05, 3.63) is 59.1 Å². The highest BCUT2D eigenvalue weighted by atomic mass is 35.5. The van der Waals surface area contributed by atoms with Crippen LogP contribution in [0.1, 0.15) is 45.5 Å². The summed E-state index contributed by atoms with van der Waals surface area (Å²) in [6.07, 6.45) is 6.58. The fraction of sp³-hybridized carbons (Fsp3) is 0.458. The number of nitrogens with zero attached hydrogens (tertiary/aromatic N) is 2. The molecule has 0 saturated carbocycles. The molecule has 1 aliphatic heterocycles. The number of aromatic amines is 1. The Bertz CT molecular complexity index is 970. The van der Waals surface area contributed by atoms with Gasteiger partial charge in [-0.2, -0.15) is 0 Å². The standard InChI is InChI=1S/C24H31ClN4O3/c1-16(2)21(28-20(30)10-9-19-26-12-13-27-19)22(31)29-14-11-24(32,23(3,4)15-29)17-5-7-18(25)8-6-17/h5-10,12-13,16,21,32H,11,14-15H2,1-4H3,(H,26,27)(H,28,30)/t21-,24+/m1/s1. The van der Waals surface area contributed by atoms with Crippen molar-refractivity contribution in [1.29, 1.82) is 0 Å². The Hall–Kier alpha value is -2.64. The highest BCUT2D eigenvalue weighted by Gasteiger charge is 2.50. The largest absolute Gasteiger partial charge is 0.384 e. The number of rotatable bonds is 6. The summed E-state index contributed by atoms with van der Waals surface area (Å²) in [5, 5.41) is 15.0. The molecule has 0 radical (unpaired) electrons. The van der Waals surface area contributed by atoms with Crippen LogP contribution >= 0.6 is 11.6 Å². The van der Waals surface area contributed by atoms with E-state index in [0.717, 1.165) is 5.56 Å². The third kappa shape index (κ3) is 5.05. The number of imidazole rings is 1. The van der Waals surface area contributed by atoms with E-state index < -0.39 is 17.1 Å². The summed E-state index contributed by atoms with van der Waals surface area (Å²) < 4.78 is 0. The van der Waals surface area contributed by atoms with E-state index in [0.29, 0.717) is 30.4 Å². The second-order valence-electron chi connectivity index (χ2n) is 9.30. The second-order valence-corrected chi connectivity index (χ2v) is 9.74. The highest BCUT2D eigenvalue weighted by Crippen LogP contribution is 2.46. The smallest absolute Gasteiger partial charge is 0.245 e. The van der Waals surface area contributed by atoms with Crippen molar-refractivity contribution < 1.29 is 14.7 Å². The van der Waals surface area contributed by atoms with E-state index in [1.807, 2.05) is 39.8 Å². The maximum Gasteiger partial charge on any atom is 0.245 e. The van der Waals surface area contributed by atoms with Gasteiger partial charge < -0.3 is 20.3 Å². The molecule has 1 aromatic heterocycles. The molecule has 1 saturated heterocycles. The number of likely N-dealkylation sites (tertiary alicyclic amines) is 1. The van der Waals surface area contributed by atoms with Crippen LogP contribution in [0.3, 0.4) is 0 Å². The van der Waals surface area contributed by atoms with E-state index in [9.17, 15) is 14.7 Å². The van der Waals surface area contributed by atoms with Crippen LogP contribution in [0.2, 0.25) is 5.02 Å². The number of aliphatic hydroxyl groups is 1. The molecule has 32 heavy (non-hydrogen) atoms. The number of nitrogens with one attached hydrogen (secondary N) is 2. The Morgan fingerprint density at radius 3 is 2.53 bits per heavy atom. The molecule has 0 spiro atoms. The van der Waals surface area contributed by atoms with Crippen molar-refractivity contribution in [3.63, 3.8) is 0 Å². The zero-order valence-corrected chi connectivity index (χ0v) is 19.7. The minimum absolute atomic E-state index is 0.0938. The van der Waals surface area contributed by atoms with Crippen molar-refractivity contribution in [2.45, 2.75) is 45.8 Å². The third-order valence-electron chi connectivity index (χ3n) is 6.23. The average molecular weight is 459 g/mol. The van der Waals surface area contributed by atoms with Crippen LogP contribution in [0.5, 0.6) is 0 Å². The number of carbonyl (C=O) groups is 2. The molecule has 8 heteroatoms. The van der Waals surface area contributed by atoms with Crippen molar-refractivity contribution in [3.8, 4) is 0 Å². The summed E-state index contributed by atoms with van der Waals surface area (Å²) in [6.45, 7) is 8.47. The van der Waals surface area contributed by atoms with E-state index in [1.165, 1.54) is 6.08 Å². The molecule has 3 N–H and O–H groups in total. The van der Waals surface area contributed by atoms with E-state index in [-0.39, 0.29) is 17.7 Å². The summed E-state index contributed by atoms with van der Waals surface area (Å²) in [5.74, 6) is -0.0381. The van der Waals surface area contributed by atoms with Gasteiger partial charge >= 0.3 is 0 Å². The van der Waals surface area contributed by atoms with Crippen LogP contribution in [-0.2, 0) is 15.2 Å². The van der Waals surface area contributed by atoms with E-state index in [1.54, 1.807) is 35.5 Å². The highest BCUT2D eigenvalue weighted by molar-refractivity contribution is 6.30. The van der Waals surface area contributed by atoms with Crippen molar-refractivity contribution in [2.75, 3.05) is 13.1 Å². The Morgan fingerprint density at radius 2 is 1.97 bits per heavy atom. The summed E-state index contributed by atoms with van der Waals surface area (Å²) in [5.41, 5.74) is -0.897. The number of carbonyl (C=O) groups excluding carboxylic acids is 2. The number of H-pyrrole nitrogens is 1. The van der Waals surface area contributed by atoms with Gasteiger partial charge in [0.05, 0.1) is 5.60 Å². The SMILES string of the molecule is CC(C)[C@@H](NC(=O)C=Cc1ncc[nH]1)C(=O)N1CC[C@](O)(c2ccc(Cl)cc2)C(C)(C)C1. The molecule has 0 unspecified atom stereocenters. The lowest BCUT2D eigenvalue weighted by Gasteiger charge is -2.51. The zero-order valence-electron chi connectivity index (χ0n) is 18.9. The first-order chi connectivity index (χ1) is 15.0. The number of amides is 2. The number of benzene rings is 1. The molecule has 172 valence electrons. The van der Waals surface area contributed by atoms with Gasteiger partial charge in [0.1, 0.15) is 11.9 Å². The fourth-order valence-corrected chi connectivity index (χ4v) is 4.33. The number of aromatic nitrogens is 2. The number of halogens is 1. The van der Waals surface area contributed by atoms with Gasteiger partial charge in [0.25, 0.3) is 0 Å². The van der Waals surface area contributed by atoms with Crippen LogP contribution in [0.4, 0.5) is 0 Å². The predicted molar refractivity (Wildman–Crippen MR) is 125 cm³/mol. The topological polar surface area (TPSA) is 98.3 Å². The monoisotopic (exact) mass is 458 g/mol. The minimum atomic E-state index is -1.09. The first-order valence-electron chi connectivity index (χ1n) is 10.8. The quantitative estimate of drug-likeness (QED) is 0.578. The normalized spacial score (nSPS) is 21.7. The van der Waals surface area contributed by atoms with Crippen LogP contribution in [0, 0.1) is 11.3 Å². The lowest BCUT2D eigenvalue weighted by Crippen LogP contribution is -2.60. The van der Waals surface area contributed by atoms with Crippen LogP contribution in [-0.4, -0.2) is 50.9 Å². The van der Waals surface area contributed by atoms with E-state index in [2.05, 4.69) is 15.3 Å². The van der Waals surface area contributed by atoms with Gasteiger partial charge in [-0.25, -0.2) is 4.98 Å². The molecular weight excluding hydrogens is 428 g/mol. The molecule has 1 aromatic carbocycles. The summed E-state index contributed by atoms with van der Waals surface area (Å²) >= 11 is 6.01. The van der Waals surface area contributed by atoms with Gasteiger partial charge in [-0.15, -0.1) is 0 Å². The van der Waals surface area contributed by atoms with E-state index >= 15 is 0 Å². The lowest BCUT2D eigenvalue weighted by atomic mass is 9.66. The summed E-state index contributed by atoms with van der Waals surface area (Å²) in [4.78, 5) is 34.5. The lowest BCUT2D eigenvalue weighted by molar-refractivity contribution is -0.156. The van der Waals surface area contributed by atoms with Gasteiger partial charge in [0, 0.05) is 42.0 Å². The Morgan fingerprint density at radius 1 is 1.28 bits per heavy atom. The molecule has 1 aliphatic rings. The summed E-state index contributed by atoms with van der Waals surface area (Å²) in [7, 11) is 0. The van der Waals surface area contributed by atoms with Crippen LogP contribution in [0.25, 0.3) is 6.08 Å². The molecule has 1 fully saturated rings. The first-order valence-corrected chi connectivity index (χ1v) is 11.2. The van der Waals surface area contributed by atoms with Gasteiger partial charge in [0.15, 0.2) is 0 Å². The maximum atomic E-state index is 13.4. The van der Waals surface area contributed by atoms with Gasteiger partial charge in [-0.1, -0.05) is 51.4 Å². The Kier molecular flexibility index (Phi) is 7.10. The molecule has 2 heterocycles. The van der Waals surface area contributed by atoms with Gasteiger partial charge in [0.2, 0.25) is 11.8 Å². The van der Waals surface area contributed by atoms with Gasteiger partial charge in [-0.3, -0.25) is 9.59 Å². The number of hydrogen-bond donors (Lipinski definition) is 3. The van der Waals surface area contributed by atoms with E-state index in [4.69, 9.17) is 11.6 Å². The maximum absolute atomic E-state index is 13.4. The zero-order chi connectivity index (χ0) is 23.5. The molecule has 7 nitrogen and oxygen atoms in total. The summed E-state index contributed by atoms with van der Waals surface area (Å²) in [6, 6.07) is 6.54. The fourth-order valence-electron chi connectivity index (χ4n) is 4.21. The molecule has 2 amide bonds. The Labute approximate surface area is 193 Å². The molecular formula is C24H31ClN4O3. The van der Waals surface area contributed by atoms with Crippen LogP contribution in [0.15, 0.2) is 42.7 Å². The number of piperidine rings is 1. The molecule has 0 bridgehead atoms. The molecule has 2 aromatic rings. The van der Waals surface area contributed by atoms with Crippen molar-refractivity contribution in [1.82, 2.24) is 20.2 Å². The number of hydrogen-bond acceptors (Lipinski definition) is 4. The van der Waals surface area contributed by atoms with Crippen molar-refractivity contribution in [2.24, 2.45) is 11.3 Å². The third-order valence-corrected chi connectivity index (χ3v) is 6.48. The Balaban J connectivity index is 1.71. The van der Waals surface area contributed by atoms with Crippen molar-refractivity contribution >= 4 is 29.5 Å². The predicted octanol–water partition coefficient (Wildman–Crippen LogP) is 3.36. The minimum Gasteiger partial charge on any atom is -0.384 e. The second kappa shape index (κ2) is 9.46. The molecule has 2 atom stereocenters. The van der Waals surface area contributed by atoms with Gasteiger partial charge in [-0.05, 0) is 36.1 Å².